The number of hydrogen-bond acceptors (Lipinski definition) is 5. The van der Waals surface area contributed by atoms with Crippen LogP contribution >= 0.6 is 11.3 Å². The van der Waals surface area contributed by atoms with Crippen molar-refractivity contribution in [2.24, 2.45) is 11.3 Å². The van der Waals surface area contributed by atoms with Crippen molar-refractivity contribution in [2.45, 2.75) is 39.0 Å². The first kappa shape index (κ1) is 15.0. The topological polar surface area (TPSA) is 76.5 Å². The molecule has 0 bridgehead atoms. The molecule has 5 nitrogen and oxygen atoms in total. The number of ether oxygens (including phenoxy) is 1. The monoisotopic (exact) mass is 297 g/mol. The van der Waals surface area contributed by atoms with Crippen molar-refractivity contribution in [2.75, 3.05) is 7.11 Å². The number of carboxylic acids is 1. The quantitative estimate of drug-likeness (QED) is 0.667. The number of aromatic nitrogens is 1. The fourth-order valence-electron chi connectivity index (χ4n) is 3.04. The number of carbonyl (C=O) groups excluding carboxylic acids is 1. The van der Waals surface area contributed by atoms with Crippen molar-refractivity contribution in [1.82, 2.24) is 4.98 Å². The van der Waals surface area contributed by atoms with Gasteiger partial charge in [-0.1, -0.05) is 12.8 Å². The Morgan fingerprint density at radius 1 is 1.50 bits per heavy atom. The molecule has 1 aliphatic carbocycles. The van der Waals surface area contributed by atoms with Crippen LogP contribution in [0, 0.1) is 18.3 Å². The van der Waals surface area contributed by atoms with E-state index in [9.17, 15) is 14.7 Å². The Kier molecular flexibility index (Phi) is 4.42. The van der Waals surface area contributed by atoms with Crippen molar-refractivity contribution >= 4 is 23.3 Å². The van der Waals surface area contributed by atoms with Gasteiger partial charge in [0.15, 0.2) is 5.41 Å². The van der Waals surface area contributed by atoms with Gasteiger partial charge in [0.1, 0.15) is 0 Å². The standard InChI is InChI=1S/C14H19NO4S/c1-9-8-20-11(15-9)7-14(12(16)17,13(18)19-2)10-5-3-4-6-10/h8,10H,3-7H2,1-2H3,(H,16,17). The number of aryl methyl sites for hydroxylation is 1. The number of rotatable bonds is 5. The predicted molar refractivity (Wildman–Crippen MR) is 74.6 cm³/mol. The Balaban J connectivity index is 2.39. The van der Waals surface area contributed by atoms with E-state index in [4.69, 9.17) is 4.74 Å². The summed E-state index contributed by atoms with van der Waals surface area (Å²) in [5.41, 5.74) is -0.643. The van der Waals surface area contributed by atoms with E-state index in [0.29, 0.717) is 5.01 Å². The highest BCUT2D eigenvalue weighted by atomic mass is 32.1. The zero-order chi connectivity index (χ0) is 14.8. The summed E-state index contributed by atoms with van der Waals surface area (Å²) in [7, 11) is 1.25. The predicted octanol–water partition coefficient (Wildman–Crippen LogP) is 2.43. The molecule has 1 aliphatic rings. The molecule has 0 amide bonds. The van der Waals surface area contributed by atoms with E-state index < -0.39 is 17.4 Å². The molecule has 0 saturated heterocycles. The highest BCUT2D eigenvalue weighted by molar-refractivity contribution is 7.09. The number of nitrogens with zero attached hydrogens (tertiary/aromatic N) is 1. The van der Waals surface area contributed by atoms with Crippen LogP contribution < -0.4 is 0 Å². The third-order valence-corrected chi connectivity index (χ3v) is 5.05. The maximum Gasteiger partial charge on any atom is 0.323 e. The van der Waals surface area contributed by atoms with Crippen LogP contribution in [0.3, 0.4) is 0 Å². The van der Waals surface area contributed by atoms with Crippen LogP contribution in [0.2, 0.25) is 0 Å². The summed E-state index contributed by atoms with van der Waals surface area (Å²) in [5, 5.41) is 12.3. The summed E-state index contributed by atoms with van der Waals surface area (Å²) < 4.78 is 4.83. The second kappa shape index (κ2) is 5.91. The molecule has 0 spiro atoms. The van der Waals surface area contributed by atoms with Gasteiger partial charge in [-0.05, 0) is 25.7 Å². The Bertz CT molecular complexity index is 507. The second-order valence-electron chi connectivity index (χ2n) is 5.31. The summed E-state index contributed by atoms with van der Waals surface area (Å²) in [6.07, 6.45) is 3.57. The third-order valence-electron chi connectivity index (χ3n) is 4.08. The van der Waals surface area contributed by atoms with Gasteiger partial charge in [0.25, 0.3) is 0 Å². The lowest BCUT2D eigenvalue weighted by molar-refractivity contribution is -0.171. The lowest BCUT2D eigenvalue weighted by atomic mass is 9.72. The first-order valence-electron chi connectivity index (χ1n) is 6.73. The van der Waals surface area contributed by atoms with Gasteiger partial charge < -0.3 is 9.84 Å². The maximum absolute atomic E-state index is 12.2. The van der Waals surface area contributed by atoms with Gasteiger partial charge in [0.2, 0.25) is 0 Å². The van der Waals surface area contributed by atoms with Gasteiger partial charge in [0, 0.05) is 17.5 Å². The normalized spacial score (nSPS) is 18.7. The van der Waals surface area contributed by atoms with E-state index in [0.717, 1.165) is 31.4 Å². The van der Waals surface area contributed by atoms with Gasteiger partial charge in [0.05, 0.1) is 12.1 Å². The molecule has 1 aromatic heterocycles. The van der Waals surface area contributed by atoms with E-state index in [-0.39, 0.29) is 12.3 Å². The summed E-state index contributed by atoms with van der Waals surface area (Å²) in [6, 6.07) is 0. The van der Waals surface area contributed by atoms with Crippen molar-refractivity contribution in [3.63, 3.8) is 0 Å². The molecule has 110 valence electrons. The minimum absolute atomic E-state index is 0.123. The Hall–Kier alpha value is -1.43. The van der Waals surface area contributed by atoms with Crippen LogP contribution in [0.4, 0.5) is 0 Å². The van der Waals surface area contributed by atoms with Crippen LogP contribution in [0.15, 0.2) is 5.38 Å². The minimum Gasteiger partial charge on any atom is -0.480 e. The molecule has 1 N–H and O–H groups in total. The van der Waals surface area contributed by atoms with Gasteiger partial charge in [-0.2, -0.15) is 0 Å². The molecule has 0 aliphatic heterocycles. The zero-order valence-electron chi connectivity index (χ0n) is 11.7. The van der Waals surface area contributed by atoms with Gasteiger partial charge >= 0.3 is 11.9 Å². The number of carbonyl (C=O) groups is 2. The number of aliphatic carboxylic acids is 1. The molecule has 0 aromatic carbocycles. The number of thiazole rings is 1. The van der Waals surface area contributed by atoms with E-state index in [1.54, 1.807) is 0 Å². The van der Waals surface area contributed by atoms with Gasteiger partial charge in [-0.25, -0.2) is 4.98 Å². The summed E-state index contributed by atoms with van der Waals surface area (Å²) >= 11 is 1.40. The van der Waals surface area contributed by atoms with E-state index in [2.05, 4.69) is 4.98 Å². The van der Waals surface area contributed by atoms with Crippen LogP contribution in [-0.2, 0) is 20.7 Å². The molecule has 1 unspecified atom stereocenters. The van der Waals surface area contributed by atoms with Gasteiger partial charge in [-0.3, -0.25) is 9.59 Å². The molecule has 2 rings (SSSR count). The highest BCUT2D eigenvalue weighted by Gasteiger charge is 2.54. The Labute approximate surface area is 122 Å². The molecule has 1 atom stereocenters. The smallest absolute Gasteiger partial charge is 0.323 e. The Morgan fingerprint density at radius 2 is 2.15 bits per heavy atom. The summed E-state index contributed by atoms with van der Waals surface area (Å²) in [6.45, 7) is 1.86. The third kappa shape index (κ3) is 2.57. The molecule has 1 fully saturated rings. The fraction of sp³-hybridized carbons (Fsp3) is 0.643. The number of esters is 1. The molecule has 20 heavy (non-hydrogen) atoms. The first-order chi connectivity index (χ1) is 9.50. The summed E-state index contributed by atoms with van der Waals surface area (Å²) in [4.78, 5) is 28.5. The van der Waals surface area contributed by atoms with Crippen molar-refractivity contribution < 1.29 is 19.4 Å². The largest absolute Gasteiger partial charge is 0.480 e. The average Bonchev–Trinajstić information content (AvgIpc) is 3.06. The van der Waals surface area contributed by atoms with Crippen molar-refractivity contribution in [1.29, 1.82) is 0 Å². The van der Waals surface area contributed by atoms with Crippen LogP contribution in [-0.4, -0.2) is 29.1 Å². The van der Waals surface area contributed by atoms with Crippen molar-refractivity contribution in [3.8, 4) is 0 Å². The SMILES string of the molecule is COC(=O)C(Cc1nc(C)cs1)(C(=O)O)C1CCCC1. The maximum atomic E-state index is 12.2. The average molecular weight is 297 g/mol. The molecular formula is C14H19NO4S. The van der Waals surface area contributed by atoms with Crippen molar-refractivity contribution in [3.05, 3.63) is 16.1 Å². The number of methoxy groups -OCH3 is 1. The fourth-order valence-corrected chi connectivity index (χ4v) is 3.91. The van der Waals surface area contributed by atoms with Crippen LogP contribution in [0.5, 0.6) is 0 Å². The zero-order valence-corrected chi connectivity index (χ0v) is 12.5. The highest BCUT2D eigenvalue weighted by Crippen LogP contribution is 2.44. The van der Waals surface area contributed by atoms with E-state index >= 15 is 0 Å². The molecule has 0 radical (unpaired) electrons. The number of carboxylic acid groups (broad SMARTS) is 1. The summed E-state index contributed by atoms with van der Waals surface area (Å²) in [5.74, 6) is -1.91. The van der Waals surface area contributed by atoms with Crippen LogP contribution in [0.1, 0.15) is 36.4 Å². The van der Waals surface area contributed by atoms with E-state index in [1.165, 1.54) is 18.4 Å². The molecule has 6 heteroatoms. The minimum atomic E-state index is -1.49. The molecule has 1 aromatic rings. The lowest BCUT2D eigenvalue weighted by Crippen LogP contribution is -2.47. The molecular weight excluding hydrogens is 278 g/mol. The lowest BCUT2D eigenvalue weighted by Gasteiger charge is -2.31. The van der Waals surface area contributed by atoms with E-state index in [1.807, 2.05) is 12.3 Å². The first-order valence-corrected chi connectivity index (χ1v) is 7.61. The van der Waals surface area contributed by atoms with Crippen LogP contribution in [0.25, 0.3) is 0 Å². The number of hydrogen-bond donors (Lipinski definition) is 1. The molecule has 1 heterocycles. The van der Waals surface area contributed by atoms with Gasteiger partial charge in [-0.15, -0.1) is 11.3 Å². The Morgan fingerprint density at radius 3 is 2.60 bits per heavy atom. The second-order valence-corrected chi connectivity index (χ2v) is 6.25. The molecule has 1 saturated carbocycles.